The number of nitrogens with zero attached hydrogens (tertiary/aromatic N) is 4. The van der Waals surface area contributed by atoms with Crippen LogP contribution in [0, 0.1) is 0 Å². The van der Waals surface area contributed by atoms with Crippen LogP contribution < -0.4 is 5.73 Å². The number of hydrogen-bond donors (Lipinski definition) is 1. The van der Waals surface area contributed by atoms with Gasteiger partial charge in [0.25, 0.3) is 5.22 Å². The highest BCUT2D eigenvalue weighted by Gasteiger charge is 2.15. The number of thioether (sulfide) groups is 1. The first-order valence-electron chi connectivity index (χ1n) is 7.56. The number of benzene rings is 1. The molecule has 124 valence electrons. The van der Waals surface area contributed by atoms with Gasteiger partial charge in [0.05, 0.1) is 5.75 Å². The summed E-state index contributed by atoms with van der Waals surface area (Å²) >= 11 is 1.38. The molecule has 2 N–H and O–H groups in total. The molecule has 0 aliphatic carbocycles. The molecule has 0 atom stereocenters. The van der Waals surface area contributed by atoms with E-state index in [1.165, 1.54) is 17.3 Å². The van der Waals surface area contributed by atoms with Crippen molar-refractivity contribution in [2.24, 2.45) is 0 Å². The second kappa shape index (κ2) is 6.60. The van der Waals surface area contributed by atoms with E-state index in [9.17, 15) is 0 Å². The topological polar surface area (TPSA) is 90.7 Å². The number of anilines is 1. The minimum Gasteiger partial charge on any atom is -0.411 e. The van der Waals surface area contributed by atoms with E-state index in [1.54, 1.807) is 12.3 Å². The third kappa shape index (κ3) is 3.91. The van der Waals surface area contributed by atoms with Gasteiger partial charge in [0.15, 0.2) is 0 Å². The number of hydrogen-bond acceptors (Lipinski definition) is 7. The zero-order valence-corrected chi connectivity index (χ0v) is 14.7. The monoisotopic (exact) mass is 341 g/mol. The molecule has 0 aliphatic heterocycles. The molecule has 0 amide bonds. The summed E-state index contributed by atoms with van der Waals surface area (Å²) in [7, 11) is 0. The van der Waals surface area contributed by atoms with E-state index in [1.807, 2.05) is 12.1 Å². The minimum atomic E-state index is 0.117. The molecular weight excluding hydrogens is 322 g/mol. The van der Waals surface area contributed by atoms with Crippen LogP contribution in [-0.2, 0) is 11.2 Å². The molecule has 7 heteroatoms. The second-order valence-electron chi connectivity index (χ2n) is 6.39. The van der Waals surface area contributed by atoms with Gasteiger partial charge in [-0.3, -0.25) is 0 Å². The maximum atomic E-state index is 5.70. The zero-order chi connectivity index (χ0) is 17.2. The quantitative estimate of drug-likeness (QED) is 0.723. The Morgan fingerprint density at radius 1 is 1.08 bits per heavy atom. The lowest BCUT2D eigenvalue weighted by molar-refractivity contribution is 0.465. The van der Waals surface area contributed by atoms with Crippen LogP contribution in [0.25, 0.3) is 11.5 Å². The Kier molecular flexibility index (Phi) is 4.53. The smallest absolute Gasteiger partial charge is 0.277 e. The van der Waals surface area contributed by atoms with Gasteiger partial charge < -0.3 is 10.2 Å². The summed E-state index contributed by atoms with van der Waals surface area (Å²) in [6.07, 6.45) is 1.63. The molecule has 24 heavy (non-hydrogen) atoms. The Morgan fingerprint density at radius 2 is 1.83 bits per heavy atom. The van der Waals surface area contributed by atoms with E-state index in [4.69, 9.17) is 10.2 Å². The predicted molar refractivity (Wildman–Crippen MR) is 94.4 cm³/mol. The van der Waals surface area contributed by atoms with Crippen LogP contribution in [0.1, 0.15) is 32.2 Å². The molecule has 3 aromatic rings. The first-order chi connectivity index (χ1) is 11.4. The molecule has 1 aromatic carbocycles. The fourth-order valence-electron chi connectivity index (χ4n) is 2.11. The van der Waals surface area contributed by atoms with Crippen molar-refractivity contribution in [3.05, 3.63) is 47.9 Å². The van der Waals surface area contributed by atoms with Crippen LogP contribution in [0.5, 0.6) is 0 Å². The first-order valence-corrected chi connectivity index (χ1v) is 8.55. The molecular formula is C17H19N5OS. The van der Waals surface area contributed by atoms with E-state index in [-0.39, 0.29) is 5.41 Å². The molecule has 0 radical (unpaired) electrons. The lowest BCUT2D eigenvalue weighted by Gasteiger charge is -2.18. The van der Waals surface area contributed by atoms with Gasteiger partial charge in [-0.05, 0) is 29.2 Å². The van der Waals surface area contributed by atoms with Gasteiger partial charge in [-0.1, -0.05) is 44.7 Å². The largest absolute Gasteiger partial charge is 0.411 e. The van der Waals surface area contributed by atoms with E-state index >= 15 is 0 Å². The van der Waals surface area contributed by atoms with Gasteiger partial charge in [0.1, 0.15) is 11.6 Å². The molecule has 0 spiro atoms. The molecule has 0 unspecified atom stereocenters. The van der Waals surface area contributed by atoms with Crippen molar-refractivity contribution in [1.29, 1.82) is 0 Å². The summed E-state index contributed by atoms with van der Waals surface area (Å²) in [5, 5.41) is 8.65. The van der Waals surface area contributed by atoms with Gasteiger partial charge in [0, 0.05) is 11.8 Å². The van der Waals surface area contributed by atoms with Crippen LogP contribution in [0.15, 0.2) is 46.2 Å². The van der Waals surface area contributed by atoms with E-state index in [0.29, 0.717) is 28.5 Å². The molecule has 2 aromatic heterocycles. The van der Waals surface area contributed by atoms with Crippen molar-refractivity contribution in [2.45, 2.75) is 37.2 Å². The molecule has 2 heterocycles. The van der Waals surface area contributed by atoms with Crippen molar-refractivity contribution in [2.75, 3.05) is 5.73 Å². The van der Waals surface area contributed by atoms with E-state index in [2.05, 4.69) is 53.1 Å². The summed E-state index contributed by atoms with van der Waals surface area (Å²) in [5.74, 6) is 2.11. The standard InChI is InChI=1S/C17H19N5OS/c1-17(2,3)12-6-4-11(5-7-12)15-21-22-16(23-15)24-10-14-19-9-8-13(18)20-14/h4-9H,10H2,1-3H3,(H2,18,19,20). The van der Waals surface area contributed by atoms with Gasteiger partial charge in [-0.2, -0.15) is 0 Å². The summed E-state index contributed by atoms with van der Waals surface area (Å²) in [6, 6.07) is 9.84. The van der Waals surface area contributed by atoms with Crippen LogP contribution in [0.2, 0.25) is 0 Å². The van der Waals surface area contributed by atoms with Gasteiger partial charge in [0.2, 0.25) is 5.89 Å². The predicted octanol–water partition coefficient (Wildman–Crippen LogP) is 3.70. The van der Waals surface area contributed by atoms with Crippen LogP contribution in [0.4, 0.5) is 5.82 Å². The summed E-state index contributed by atoms with van der Waals surface area (Å²) in [5.41, 5.74) is 7.92. The van der Waals surface area contributed by atoms with Crippen molar-refractivity contribution in [1.82, 2.24) is 20.2 Å². The molecule has 0 saturated heterocycles. The number of nitrogen functional groups attached to an aromatic ring is 1. The Labute approximate surface area is 144 Å². The SMILES string of the molecule is CC(C)(C)c1ccc(-c2nnc(SCc3nccc(N)n3)o2)cc1. The molecule has 0 saturated carbocycles. The highest BCUT2D eigenvalue weighted by atomic mass is 32.2. The van der Waals surface area contributed by atoms with Crippen LogP contribution in [-0.4, -0.2) is 20.2 Å². The maximum absolute atomic E-state index is 5.70. The first kappa shape index (κ1) is 16.4. The van der Waals surface area contributed by atoms with Crippen molar-refractivity contribution in [3.63, 3.8) is 0 Å². The van der Waals surface area contributed by atoms with Gasteiger partial charge in [-0.25, -0.2) is 9.97 Å². The fourth-order valence-corrected chi connectivity index (χ4v) is 2.74. The second-order valence-corrected chi connectivity index (χ2v) is 7.31. The summed E-state index contributed by atoms with van der Waals surface area (Å²) in [4.78, 5) is 8.29. The highest BCUT2D eigenvalue weighted by molar-refractivity contribution is 7.98. The number of rotatable bonds is 4. The summed E-state index contributed by atoms with van der Waals surface area (Å²) < 4.78 is 5.70. The van der Waals surface area contributed by atoms with Gasteiger partial charge >= 0.3 is 0 Å². The maximum Gasteiger partial charge on any atom is 0.277 e. The number of nitrogens with two attached hydrogens (primary N) is 1. The fraction of sp³-hybridized carbons (Fsp3) is 0.294. The molecule has 0 bridgehead atoms. The third-order valence-corrected chi connectivity index (χ3v) is 4.27. The van der Waals surface area contributed by atoms with Crippen molar-refractivity contribution >= 4 is 17.6 Å². The molecule has 6 nitrogen and oxygen atoms in total. The molecule has 0 fully saturated rings. The lowest BCUT2D eigenvalue weighted by Crippen LogP contribution is -2.10. The van der Waals surface area contributed by atoms with Gasteiger partial charge in [-0.15, -0.1) is 10.2 Å². The summed E-state index contributed by atoms with van der Waals surface area (Å²) in [6.45, 7) is 6.55. The normalized spacial score (nSPS) is 11.6. The van der Waals surface area contributed by atoms with Crippen molar-refractivity contribution < 1.29 is 4.42 Å². The number of aromatic nitrogens is 4. The molecule has 0 aliphatic rings. The average Bonchev–Trinajstić information content (AvgIpc) is 3.01. The Balaban J connectivity index is 1.69. The van der Waals surface area contributed by atoms with Crippen LogP contribution >= 0.6 is 11.8 Å². The Bertz CT molecular complexity index is 823. The zero-order valence-electron chi connectivity index (χ0n) is 13.9. The third-order valence-electron chi connectivity index (χ3n) is 3.46. The Morgan fingerprint density at radius 3 is 2.50 bits per heavy atom. The minimum absolute atomic E-state index is 0.117. The van der Waals surface area contributed by atoms with E-state index < -0.39 is 0 Å². The van der Waals surface area contributed by atoms with Crippen molar-refractivity contribution in [3.8, 4) is 11.5 Å². The lowest BCUT2D eigenvalue weighted by atomic mass is 9.87. The van der Waals surface area contributed by atoms with E-state index in [0.717, 1.165) is 5.56 Å². The highest BCUT2D eigenvalue weighted by Crippen LogP contribution is 2.28. The average molecular weight is 341 g/mol. The van der Waals surface area contributed by atoms with Crippen LogP contribution in [0.3, 0.4) is 0 Å². The molecule has 3 rings (SSSR count). The Hall–Kier alpha value is -2.41.